The van der Waals surface area contributed by atoms with Gasteiger partial charge in [-0.3, -0.25) is 14.6 Å². The Hall–Kier alpha value is -3.81. The van der Waals surface area contributed by atoms with Gasteiger partial charge in [0.15, 0.2) is 0 Å². The maximum atomic E-state index is 12.5. The molecule has 3 heterocycles. The van der Waals surface area contributed by atoms with Crippen LogP contribution in [0.2, 0.25) is 0 Å². The third-order valence-corrected chi connectivity index (χ3v) is 4.92. The van der Waals surface area contributed by atoms with Crippen molar-refractivity contribution in [3.8, 4) is 0 Å². The molecule has 30 heavy (non-hydrogen) atoms. The highest BCUT2D eigenvalue weighted by molar-refractivity contribution is 6.02. The molecule has 2 amide bonds. The minimum absolute atomic E-state index is 0.121. The van der Waals surface area contributed by atoms with Crippen molar-refractivity contribution in [2.75, 3.05) is 36.4 Å². The summed E-state index contributed by atoms with van der Waals surface area (Å²) in [6, 6.07) is 15.0. The van der Waals surface area contributed by atoms with E-state index in [-0.39, 0.29) is 17.5 Å². The van der Waals surface area contributed by atoms with Crippen LogP contribution in [0.5, 0.6) is 0 Å². The van der Waals surface area contributed by atoms with Crippen molar-refractivity contribution in [1.82, 2.24) is 19.9 Å². The van der Waals surface area contributed by atoms with Crippen LogP contribution in [0.4, 0.5) is 11.6 Å². The first-order chi connectivity index (χ1) is 14.7. The lowest BCUT2D eigenvalue weighted by atomic mass is 10.1. The van der Waals surface area contributed by atoms with E-state index in [1.807, 2.05) is 40.1 Å². The van der Waals surface area contributed by atoms with Gasteiger partial charge in [0.2, 0.25) is 5.91 Å². The van der Waals surface area contributed by atoms with Crippen LogP contribution in [0.15, 0.2) is 67.1 Å². The summed E-state index contributed by atoms with van der Waals surface area (Å²) < 4.78 is 0. The number of pyridine rings is 1. The van der Waals surface area contributed by atoms with Gasteiger partial charge in [-0.25, -0.2) is 9.97 Å². The quantitative estimate of drug-likeness (QED) is 0.702. The van der Waals surface area contributed by atoms with Crippen molar-refractivity contribution in [2.45, 2.75) is 6.42 Å². The lowest BCUT2D eigenvalue weighted by Crippen LogP contribution is -2.49. The maximum Gasteiger partial charge on any atom is 0.277 e. The highest BCUT2D eigenvalue weighted by Gasteiger charge is 2.23. The fourth-order valence-electron chi connectivity index (χ4n) is 3.30. The van der Waals surface area contributed by atoms with Crippen molar-refractivity contribution < 1.29 is 9.59 Å². The zero-order valence-electron chi connectivity index (χ0n) is 16.4. The summed E-state index contributed by atoms with van der Waals surface area (Å²) in [5, 5.41) is 2.71. The second kappa shape index (κ2) is 9.13. The minimum atomic E-state index is -0.361. The van der Waals surface area contributed by atoms with Gasteiger partial charge in [0.25, 0.3) is 5.91 Å². The number of benzene rings is 1. The van der Waals surface area contributed by atoms with E-state index in [4.69, 9.17) is 0 Å². The van der Waals surface area contributed by atoms with Gasteiger partial charge < -0.3 is 15.1 Å². The van der Waals surface area contributed by atoms with Gasteiger partial charge in [-0.15, -0.1) is 0 Å². The third-order valence-electron chi connectivity index (χ3n) is 4.92. The molecule has 8 nitrogen and oxygen atoms in total. The number of anilines is 2. The Bertz CT molecular complexity index is 1000. The van der Waals surface area contributed by atoms with E-state index in [1.54, 1.807) is 30.6 Å². The van der Waals surface area contributed by atoms with Gasteiger partial charge in [0, 0.05) is 32.4 Å². The predicted octanol–water partition coefficient (Wildman–Crippen LogP) is 2.02. The largest absolute Gasteiger partial charge is 0.352 e. The van der Waals surface area contributed by atoms with Gasteiger partial charge >= 0.3 is 0 Å². The number of piperazine rings is 1. The van der Waals surface area contributed by atoms with Crippen molar-refractivity contribution in [3.05, 3.63) is 78.4 Å². The summed E-state index contributed by atoms with van der Waals surface area (Å²) >= 11 is 0. The first-order valence-corrected chi connectivity index (χ1v) is 9.80. The van der Waals surface area contributed by atoms with E-state index in [0.29, 0.717) is 44.2 Å². The molecule has 0 spiro atoms. The molecule has 8 heteroatoms. The Kier molecular flexibility index (Phi) is 5.93. The van der Waals surface area contributed by atoms with Crippen LogP contribution in [-0.2, 0) is 11.2 Å². The fourth-order valence-corrected chi connectivity index (χ4v) is 3.30. The molecule has 4 rings (SSSR count). The number of nitrogens with zero attached hydrogens (tertiary/aromatic N) is 5. The number of hydrogen-bond donors (Lipinski definition) is 1. The molecule has 1 aliphatic heterocycles. The third kappa shape index (κ3) is 4.78. The Morgan fingerprint density at radius 3 is 2.43 bits per heavy atom. The zero-order chi connectivity index (χ0) is 20.8. The van der Waals surface area contributed by atoms with Crippen LogP contribution < -0.4 is 10.2 Å². The number of carbonyl (C=O) groups is 2. The average Bonchev–Trinajstić information content (AvgIpc) is 2.80. The Morgan fingerprint density at radius 1 is 0.933 bits per heavy atom. The lowest BCUT2D eigenvalue weighted by Gasteiger charge is -2.35. The van der Waals surface area contributed by atoms with Crippen LogP contribution in [0.1, 0.15) is 16.1 Å². The second-order valence-corrected chi connectivity index (χ2v) is 6.96. The fraction of sp³-hybridized carbons (Fsp3) is 0.227. The van der Waals surface area contributed by atoms with Crippen LogP contribution in [0, 0.1) is 0 Å². The van der Waals surface area contributed by atoms with E-state index < -0.39 is 0 Å². The summed E-state index contributed by atoms with van der Waals surface area (Å²) in [5.74, 6) is 0.842. The van der Waals surface area contributed by atoms with Crippen molar-refractivity contribution in [1.29, 1.82) is 0 Å². The molecule has 0 unspecified atom stereocenters. The number of aromatic nitrogens is 3. The molecule has 1 aliphatic rings. The number of amides is 2. The van der Waals surface area contributed by atoms with Gasteiger partial charge in [0.05, 0.1) is 18.8 Å². The van der Waals surface area contributed by atoms with E-state index in [1.165, 1.54) is 6.20 Å². The molecule has 1 fully saturated rings. The number of rotatable bonds is 5. The van der Waals surface area contributed by atoms with Crippen LogP contribution in [0.25, 0.3) is 0 Å². The molecule has 152 valence electrons. The van der Waals surface area contributed by atoms with Gasteiger partial charge in [-0.2, -0.15) is 0 Å². The van der Waals surface area contributed by atoms with Gasteiger partial charge in [-0.05, 0) is 17.7 Å². The molecule has 3 aromatic rings. The molecular formula is C22H22N6O2. The first kappa shape index (κ1) is 19.5. The lowest BCUT2D eigenvalue weighted by molar-refractivity contribution is -0.130. The molecule has 0 saturated carbocycles. The van der Waals surface area contributed by atoms with Crippen molar-refractivity contribution in [2.24, 2.45) is 0 Å². The number of hydrogen-bond acceptors (Lipinski definition) is 6. The van der Waals surface area contributed by atoms with E-state index in [9.17, 15) is 9.59 Å². The second-order valence-electron chi connectivity index (χ2n) is 6.96. The summed E-state index contributed by atoms with van der Waals surface area (Å²) in [4.78, 5) is 41.6. The monoisotopic (exact) mass is 402 g/mol. The highest BCUT2D eigenvalue weighted by Crippen LogP contribution is 2.15. The molecule has 1 N–H and O–H groups in total. The summed E-state index contributed by atoms with van der Waals surface area (Å²) in [6.45, 7) is 2.50. The molecule has 1 aromatic carbocycles. The number of nitrogens with one attached hydrogen (secondary N) is 1. The van der Waals surface area contributed by atoms with Gasteiger partial charge in [0.1, 0.15) is 17.3 Å². The molecule has 1 saturated heterocycles. The van der Waals surface area contributed by atoms with Gasteiger partial charge in [-0.1, -0.05) is 36.4 Å². The molecule has 0 atom stereocenters. The Labute approximate surface area is 174 Å². The average molecular weight is 402 g/mol. The van der Waals surface area contributed by atoms with E-state index >= 15 is 0 Å². The smallest absolute Gasteiger partial charge is 0.277 e. The number of carbonyl (C=O) groups excluding carboxylic acids is 2. The summed E-state index contributed by atoms with van der Waals surface area (Å²) in [5.41, 5.74) is 1.24. The van der Waals surface area contributed by atoms with Crippen LogP contribution >= 0.6 is 0 Å². The normalized spacial score (nSPS) is 13.7. The predicted molar refractivity (Wildman–Crippen MR) is 113 cm³/mol. The SMILES string of the molecule is O=C(Nc1ccccn1)c1cncc(N2CCN(C(=O)Cc3ccccc3)CC2)n1. The molecule has 0 aliphatic carbocycles. The molecule has 0 radical (unpaired) electrons. The topological polar surface area (TPSA) is 91.3 Å². The standard InChI is InChI=1S/C22H22N6O2/c29-21(14-17-6-2-1-3-7-17)28-12-10-27(11-13-28)20-16-23-15-18(25-20)22(30)26-19-8-4-5-9-24-19/h1-9,15-16H,10-14H2,(H,24,26,30). The van der Waals surface area contributed by atoms with Crippen molar-refractivity contribution >= 4 is 23.5 Å². The molecule has 2 aromatic heterocycles. The van der Waals surface area contributed by atoms with Crippen LogP contribution in [0.3, 0.4) is 0 Å². The maximum absolute atomic E-state index is 12.5. The molecule has 0 bridgehead atoms. The minimum Gasteiger partial charge on any atom is -0.352 e. The Balaban J connectivity index is 1.35. The summed E-state index contributed by atoms with van der Waals surface area (Å²) in [6.07, 6.45) is 5.08. The van der Waals surface area contributed by atoms with Crippen LogP contribution in [-0.4, -0.2) is 57.8 Å². The zero-order valence-corrected chi connectivity index (χ0v) is 16.4. The summed E-state index contributed by atoms with van der Waals surface area (Å²) in [7, 11) is 0. The first-order valence-electron chi connectivity index (χ1n) is 9.80. The van der Waals surface area contributed by atoms with E-state index in [0.717, 1.165) is 5.56 Å². The molecular weight excluding hydrogens is 380 g/mol. The van der Waals surface area contributed by atoms with E-state index in [2.05, 4.69) is 20.3 Å². The van der Waals surface area contributed by atoms with Crippen molar-refractivity contribution in [3.63, 3.8) is 0 Å². The Morgan fingerprint density at radius 2 is 1.70 bits per heavy atom. The highest BCUT2D eigenvalue weighted by atomic mass is 16.2.